The number of rotatable bonds is 5. The Hall–Kier alpha value is -2.29. The van der Waals surface area contributed by atoms with E-state index in [1.54, 1.807) is 12.1 Å². The number of aromatic nitrogens is 1. The second kappa shape index (κ2) is 5.60. The molecule has 0 aliphatic carbocycles. The van der Waals surface area contributed by atoms with Gasteiger partial charge in [0, 0.05) is 28.4 Å². The van der Waals surface area contributed by atoms with E-state index in [4.69, 9.17) is 0 Å². The van der Waals surface area contributed by atoms with Gasteiger partial charge in [0.05, 0.1) is 5.56 Å². The van der Waals surface area contributed by atoms with Crippen molar-refractivity contribution in [3.8, 4) is 0 Å². The normalized spacial score (nSPS) is 11.3. The molecule has 0 unspecified atom stereocenters. The third kappa shape index (κ3) is 2.40. The van der Waals surface area contributed by atoms with Crippen molar-refractivity contribution in [3.05, 3.63) is 48.0 Å². The fourth-order valence-electron chi connectivity index (χ4n) is 2.95. The van der Waals surface area contributed by atoms with Gasteiger partial charge in [-0.2, -0.15) is 0 Å². The Morgan fingerprint density at radius 2 is 1.81 bits per heavy atom. The molecule has 0 saturated heterocycles. The van der Waals surface area contributed by atoms with Gasteiger partial charge in [0.25, 0.3) is 0 Å². The van der Waals surface area contributed by atoms with Gasteiger partial charge in [-0.25, -0.2) is 4.79 Å². The largest absolute Gasteiger partial charge is 0.478 e. The average molecular weight is 281 g/mol. The van der Waals surface area contributed by atoms with Crippen LogP contribution in [0.2, 0.25) is 0 Å². The molecule has 0 saturated carbocycles. The zero-order valence-electron chi connectivity index (χ0n) is 12.2. The maximum absolute atomic E-state index is 11.2. The predicted molar refractivity (Wildman–Crippen MR) is 85.9 cm³/mol. The minimum Gasteiger partial charge on any atom is -0.478 e. The number of hydrogen-bond donors (Lipinski definition) is 1. The van der Waals surface area contributed by atoms with E-state index >= 15 is 0 Å². The number of nitrogens with zero attached hydrogens (tertiary/aromatic N) is 1. The van der Waals surface area contributed by atoms with Gasteiger partial charge in [-0.1, -0.05) is 38.0 Å². The fraction of sp³-hybridized carbons (Fsp3) is 0.278. The Kier molecular flexibility index (Phi) is 3.65. The Morgan fingerprint density at radius 3 is 2.57 bits per heavy atom. The van der Waals surface area contributed by atoms with Crippen molar-refractivity contribution in [3.63, 3.8) is 0 Å². The van der Waals surface area contributed by atoms with Gasteiger partial charge in [0.1, 0.15) is 0 Å². The molecule has 0 bridgehead atoms. The molecule has 3 rings (SSSR count). The van der Waals surface area contributed by atoms with Crippen LogP contribution in [0.1, 0.15) is 36.5 Å². The lowest BCUT2D eigenvalue weighted by molar-refractivity contribution is 0.0697. The Labute approximate surface area is 123 Å². The SMILES string of the molecule is CCCCCn1c2ccccc2c2cc(C(=O)O)ccc21. The molecule has 0 fully saturated rings. The lowest BCUT2D eigenvalue weighted by atomic mass is 10.1. The first-order chi connectivity index (χ1) is 10.2. The van der Waals surface area contributed by atoms with Crippen LogP contribution in [0.25, 0.3) is 21.8 Å². The molecule has 1 heterocycles. The van der Waals surface area contributed by atoms with Gasteiger partial charge in [-0.15, -0.1) is 0 Å². The van der Waals surface area contributed by atoms with Crippen molar-refractivity contribution in [2.75, 3.05) is 0 Å². The minimum absolute atomic E-state index is 0.346. The van der Waals surface area contributed by atoms with Crippen molar-refractivity contribution in [2.45, 2.75) is 32.7 Å². The Balaban J connectivity index is 2.21. The molecular weight excluding hydrogens is 262 g/mol. The summed E-state index contributed by atoms with van der Waals surface area (Å²) < 4.78 is 2.31. The molecule has 1 aromatic heterocycles. The fourth-order valence-corrected chi connectivity index (χ4v) is 2.95. The summed E-state index contributed by atoms with van der Waals surface area (Å²) in [6, 6.07) is 13.6. The van der Waals surface area contributed by atoms with Crippen molar-refractivity contribution < 1.29 is 9.90 Å². The summed E-state index contributed by atoms with van der Waals surface area (Å²) in [5.41, 5.74) is 2.66. The summed E-state index contributed by atoms with van der Waals surface area (Å²) in [7, 11) is 0. The highest BCUT2D eigenvalue weighted by Crippen LogP contribution is 2.30. The molecule has 21 heavy (non-hydrogen) atoms. The molecule has 0 spiro atoms. The van der Waals surface area contributed by atoms with E-state index in [0.29, 0.717) is 5.56 Å². The number of fused-ring (bicyclic) bond motifs is 3. The molecule has 3 nitrogen and oxygen atoms in total. The highest BCUT2D eigenvalue weighted by Gasteiger charge is 2.12. The van der Waals surface area contributed by atoms with Gasteiger partial charge < -0.3 is 9.67 Å². The number of aromatic carboxylic acids is 1. The third-order valence-electron chi connectivity index (χ3n) is 4.00. The van der Waals surface area contributed by atoms with Crippen LogP contribution >= 0.6 is 0 Å². The van der Waals surface area contributed by atoms with Crippen molar-refractivity contribution >= 4 is 27.8 Å². The zero-order chi connectivity index (χ0) is 14.8. The molecule has 3 heteroatoms. The van der Waals surface area contributed by atoms with Crippen molar-refractivity contribution in [1.29, 1.82) is 0 Å². The minimum atomic E-state index is -0.875. The molecule has 108 valence electrons. The van der Waals surface area contributed by atoms with Crippen LogP contribution in [0.4, 0.5) is 0 Å². The quantitative estimate of drug-likeness (QED) is 0.690. The molecule has 0 amide bonds. The number of carboxylic acid groups (broad SMARTS) is 1. The van der Waals surface area contributed by atoms with Gasteiger partial charge in [-0.3, -0.25) is 0 Å². The van der Waals surface area contributed by atoms with Crippen LogP contribution in [0.5, 0.6) is 0 Å². The van der Waals surface area contributed by atoms with Crippen LogP contribution in [0, 0.1) is 0 Å². The van der Waals surface area contributed by atoms with E-state index in [1.165, 1.54) is 18.4 Å². The third-order valence-corrected chi connectivity index (χ3v) is 4.00. The maximum atomic E-state index is 11.2. The monoisotopic (exact) mass is 281 g/mol. The molecule has 3 aromatic rings. The molecule has 2 aromatic carbocycles. The lowest BCUT2D eigenvalue weighted by Gasteiger charge is -2.07. The first-order valence-electron chi connectivity index (χ1n) is 7.46. The first kappa shape index (κ1) is 13.7. The van der Waals surface area contributed by atoms with E-state index in [1.807, 2.05) is 18.2 Å². The number of para-hydroxylation sites is 1. The van der Waals surface area contributed by atoms with Gasteiger partial charge in [0.2, 0.25) is 0 Å². The summed E-state index contributed by atoms with van der Waals surface area (Å²) in [5.74, 6) is -0.875. The van der Waals surface area contributed by atoms with Crippen LogP contribution in [-0.4, -0.2) is 15.6 Å². The average Bonchev–Trinajstić information content (AvgIpc) is 2.81. The molecular formula is C18H19NO2. The molecule has 0 atom stereocenters. The van der Waals surface area contributed by atoms with Gasteiger partial charge >= 0.3 is 5.97 Å². The number of benzene rings is 2. The first-order valence-corrected chi connectivity index (χ1v) is 7.46. The second-order valence-electron chi connectivity index (χ2n) is 5.41. The summed E-state index contributed by atoms with van der Waals surface area (Å²) in [5, 5.41) is 11.4. The number of hydrogen-bond acceptors (Lipinski definition) is 1. The molecule has 0 aliphatic rings. The Morgan fingerprint density at radius 1 is 1.05 bits per heavy atom. The molecule has 1 N–H and O–H groups in total. The molecule has 0 radical (unpaired) electrons. The maximum Gasteiger partial charge on any atom is 0.335 e. The highest BCUT2D eigenvalue weighted by molar-refractivity contribution is 6.10. The van der Waals surface area contributed by atoms with E-state index < -0.39 is 5.97 Å². The summed E-state index contributed by atoms with van der Waals surface area (Å²) in [6.07, 6.45) is 3.55. The number of carboxylic acids is 1. The highest BCUT2D eigenvalue weighted by atomic mass is 16.4. The van der Waals surface area contributed by atoms with Crippen LogP contribution in [0.15, 0.2) is 42.5 Å². The predicted octanol–water partition coefficient (Wildman–Crippen LogP) is 4.68. The summed E-state index contributed by atoms with van der Waals surface area (Å²) in [4.78, 5) is 11.2. The number of unbranched alkanes of at least 4 members (excludes halogenated alkanes) is 2. The lowest BCUT2D eigenvalue weighted by Crippen LogP contribution is -1.98. The second-order valence-corrected chi connectivity index (χ2v) is 5.41. The smallest absolute Gasteiger partial charge is 0.335 e. The standard InChI is InChI=1S/C18H19NO2/c1-2-3-6-11-19-16-8-5-4-7-14(16)15-12-13(18(20)21)9-10-17(15)19/h4-5,7-10,12H,2-3,6,11H2,1H3,(H,20,21). The zero-order valence-corrected chi connectivity index (χ0v) is 12.2. The summed E-state index contributed by atoms with van der Waals surface area (Å²) in [6.45, 7) is 3.18. The number of aryl methyl sites for hydroxylation is 1. The topological polar surface area (TPSA) is 42.2 Å². The van der Waals surface area contributed by atoms with Crippen LogP contribution in [0.3, 0.4) is 0 Å². The van der Waals surface area contributed by atoms with E-state index in [2.05, 4.69) is 23.6 Å². The summed E-state index contributed by atoms with van der Waals surface area (Å²) >= 11 is 0. The Bertz CT molecular complexity index is 801. The van der Waals surface area contributed by atoms with Crippen molar-refractivity contribution in [1.82, 2.24) is 4.57 Å². The van der Waals surface area contributed by atoms with Crippen molar-refractivity contribution in [2.24, 2.45) is 0 Å². The van der Waals surface area contributed by atoms with Crippen LogP contribution < -0.4 is 0 Å². The van der Waals surface area contributed by atoms with E-state index in [-0.39, 0.29) is 0 Å². The van der Waals surface area contributed by atoms with E-state index in [0.717, 1.165) is 29.3 Å². The molecule has 0 aliphatic heterocycles. The van der Waals surface area contributed by atoms with Gasteiger partial charge in [-0.05, 0) is 30.7 Å². The number of carbonyl (C=O) groups is 1. The van der Waals surface area contributed by atoms with Crippen LogP contribution in [-0.2, 0) is 6.54 Å². The van der Waals surface area contributed by atoms with E-state index in [9.17, 15) is 9.90 Å². The van der Waals surface area contributed by atoms with Gasteiger partial charge in [0.15, 0.2) is 0 Å².